The standard InChI is InChI=1S/C15H13Cl2NO3/c1-20-13-5-3-4-12(14(13)21-2)15(19)18-11-7-9(16)6-10(17)8-11/h3-8H,1-2H3,(H,18,19). The average molecular weight is 326 g/mol. The molecule has 0 aliphatic carbocycles. The van der Waals surface area contributed by atoms with Crippen molar-refractivity contribution >= 4 is 34.8 Å². The van der Waals surface area contributed by atoms with Crippen LogP contribution in [0.15, 0.2) is 36.4 Å². The minimum absolute atomic E-state index is 0.343. The van der Waals surface area contributed by atoms with Crippen molar-refractivity contribution in [1.82, 2.24) is 0 Å². The number of para-hydroxylation sites is 1. The van der Waals surface area contributed by atoms with Gasteiger partial charge in [0.15, 0.2) is 11.5 Å². The van der Waals surface area contributed by atoms with Crippen molar-refractivity contribution < 1.29 is 14.3 Å². The molecule has 0 heterocycles. The molecule has 0 bridgehead atoms. The van der Waals surface area contributed by atoms with E-state index in [0.717, 1.165) is 0 Å². The summed E-state index contributed by atoms with van der Waals surface area (Å²) in [6, 6.07) is 9.87. The Labute approximate surface area is 132 Å². The molecule has 0 unspecified atom stereocenters. The third kappa shape index (κ3) is 3.60. The van der Waals surface area contributed by atoms with Gasteiger partial charge < -0.3 is 14.8 Å². The minimum Gasteiger partial charge on any atom is -0.493 e. The summed E-state index contributed by atoms with van der Waals surface area (Å²) >= 11 is 11.8. The van der Waals surface area contributed by atoms with E-state index in [1.54, 1.807) is 36.4 Å². The summed E-state index contributed by atoms with van der Waals surface area (Å²) < 4.78 is 10.4. The third-order valence-electron chi connectivity index (χ3n) is 2.77. The Bertz CT molecular complexity index is 654. The molecule has 0 aliphatic rings. The van der Waals surface area contributed by atoms with E-state index < -0.39 is 0 Å². The summed E-state index contributed by atoms with van der Waals surface area (Å²) in [6.07, 6.45) is 0. The van der Waals surface area contributed by atoms with Crippen LogP contribution in [0, 0.1) is 0 Å². The van der Waals surface area contributed by atoms with Crippen LogP contribution >= 0.6 is 23.2 Å². The maximum atomic E-state index is 12.4. The first-order valence-electron chi connectivity index (χ1n) is 6.03. The highest BCUT2D eigenvalue weighted by Crippen LogP contribution is 2.31. The molecule has 6 heteroatoms. The second-order valence-corrected chi connectivity index (χ2v) is 5.03. The number of ether oxygens (including phenoxy) is 2. The van der Waals surface area contributed by atoms with Crippen molar-refractivity contribution in [2.24, 2.45) is 0 Å². The number of amides is 1. The van der Waals surface area contributed by atoms with Gasteiger partial charge in [0.05, 0.1) is 19.8 Å². The van der Waals surface area contributed by atoms with E-state index in [2.05, 4.69) is 5.32 Å². The topological polar surface area (TPSA) is 47.6 Å². The van der Waals surface area contributed by atoms with Gasteiger partial charge in [-0.2, -0.15) is 0 Å². The molecule has 1 amide bonds. The number of hydrogen-bond acceptors (Lipinski definition) is 3. The molecule has 110 valence electrons. The van der Waals surface area contributed by atoms with E-state index in [0.29, 0.717) is 32.8 Å². The first-order valence-corrected chi connectivity index (χ1v) is 6.79. The van der Waals surface area contributed by atoms with Crippen LogP contribution in [0.3, 0.4) is 0 Å². The van der Waals surface area contributed by atoms with Gasteiger partial charge in [0.25, 0.3) is 5.91 Å². The van der Waals surface area contributed by atoms with Gasteiger partial charge in [-0.05, 0) is 30.3 Å². The monoisotopic (exact) mass is 325 g/mol. The lowest BCUT2D eigenvalue weighted by molar-refractivity contribution is 0.102. The molecule has 0 radical (unpaired) electrons. The number of anilines is 1. The Morgan fingerprint density at radius 1 is 1.05 bits per heavy atom. The first kappa shape index (κ1) is 15.5. The van der Waals surface area contributed by atoms with Crippen LogP contribution in [0.2, 0.25) is 10.0 Å². The predicted molar refractivity (Wildman–Crippen MR) is 84.0 cm³/mol. The molecule has 4 nitrogen and oxygen atoms in total. The van der Waals surface area contributed by atoms with Crippen LogP contribution in [-0.4, -0.2) is 20.1 Å². The number of methoxy groups -OCH3 is 2. The number of carbonyl (C=O) groups is 1. The van der Waals surface area contributed by atoms with Gasteiger partial charge in [-0.1, -0.05) is 29.3 Å². The van der Waals surface area contributed by atoms with Crippen LogP contribution in [0.25, 0.3) is 0 Å². The summed E-state index contributed by atoms with van der Waals surface area (Å²) in [5.41, 5.74) is 0.857. The largest absolute Gasteiger partial charge is 0.493 e. The number of benzene rings is 2. The van der Waals surface area contributed by atoms with Gasteiger partial charge in [-0.25, -0.2) is 0 Å². The maximum absolute atomic E-state index is 12.4. The molecular formula is C15H13Cl2NO3. The number of rotatable bonds is 4. The summed E-state index contributed by atoms with van der Waals surface area (Å²) in [4.78, 5) is 12.4. The van der Waals surface area contributed by atoms with Crippen molar-refractivity contribution in [2.75, 3.05) is 19.5 Å². The lowest BCUT2D eigenvalue weighted by Gasteiger charge is -2.12. The van der Waals surface area contributed by atoms with E-state index in [1.165, 1.54) is 14.2 Å². The van der Waals surface area contributed by atoms with Crippen molar-refractivity contribution in [3.63, 3.8) is 0 Å². The van der Waals surface area contributed by atoms with Crippen LogP contribution in [-0.2, 0) is 0 Å². The Hall–Kier alpha value is -1.91. The molecule has 0 atom stereocenters. The quantitative estimate of drug-likeness (QED) is 0.913. The van der Waals surface area contributed by atoms with Gasteiger partial charge in [0.1, 0.15) is 0 Å². The van der Waals surface area contributed by atoms with E-state index in [4.69, 9.17) is 32.7 Å². The highest BCUT2D eigenvalue weighted by atomic mass is 35.5. The normalized spacial score (nSPS) is 10.1. The summed E-state index contributed by atoms with van der Waals surface area (Å²) in [5.74, 6) is 0.504. The number of nitrogens with one attached hydrogen (secondary N) is 1. The van der Waals surface area contributed by atoms with E-state index in [1.807, 2.05) is 0 Å². The lowest BCUT2D eigenvalue weighted by Crippen LogP contribution is -2.13. The lowest BCUT2D eigenvalue weighted by atomic mass is 10.1. The molecule has 2 aromatic carbocycles. The van der Waals surface area contributed by atoms with Crippen LogP contribution in [0.1, 0.15) is 10.4 Å². The molecule has 0 fully saturated rings. The van der Waals surface area contributed by atoms with E-state index >= 15 is 0 Å². The van der Waals surface area contributed by atoms with Crippen LogP contribution < -0.4 is 14.8 Å². The molecule has 21 heavy (non-hydrogen) atoms. The van der Waals surface area contributed by atoms with Crippen LogP contribution in [0.4, 0.5) is 5.69 Å². The molecular weight excluding hydrogens is 313 g/mol. The summed E-state index contributed by atoms with van der Waals surface area (Å²) in [7, 11) is 2.99. The summed E-state index contributed by atoms with van der Waals surface area (Å²) in [6.45, 7) is 0. The molecule has 0 saturated heterocycles. The fraction of sp³-hybridized carbons (Fsp3) is 0.133. The maximum Gasteiger partial charge on any atom is 0.259 e. The van der Waals surface area contributed by atoms with Gasteiger partial charge >= 0.3 is 0 Å². The molecule has 2 aromatic rings. The summed E-state index contributed by atoms with van der Waals surface area (Å²) in [5, 5.41) is 3.60. The number of carbonyl (C=O) groups excluding carboxylic acids is 1. The second kappa shape index (κ2) is 6.70. The average Bonchev–Trinajstić information content (AvgIpc) is 2.45. The molecule has 0 saturated carbocycles. The van der Waals surface area contributed by atoms with Gasteiger partial charge in [-0.3, -0.25) is 4.79 Å². The fourth-order valence-electron chi connectivity index (χ4n) is 1.89. The molecule has 0 aliphatic heterocycles. The van der Waals surface area contributed by atoms with Gasteiger partial charge in [-0.15, -0.1) is 0 Å². The van der Waals surface area contributed by atoms with E-state index in [9.17, 15) is 4.79 Å². The van der Waals surface area contributed by atoms with Crippen LogP contribution in [0.5, 0.6) is 11.5 Å². The highest BCUT2D eigenvalue weighted by molar-refractivity contribution is 6.35. The Kier molecular flexibility index (Phi) is 4.94. The zero-order chi connectivity index (χ0) is 15.4. The van der Waals surface area contributed by atoms with Gasteiger partial charge in [0, 0.05) is 15.7 Å². The van der Waals surface area contributed by atoms with Crippen molar-refractivity contribution in [2.45, 2.75) is 0 Å². The fourth-order valence-corrected chi connectivity index (χ4v) is 2.42. The first-order chi connectivity index (χ1) is 10.0. The Balaban J connectivity index is 2.32. The zero-order valence-electron chi connectivity index (χ0n) is 11.4. The van der Waals surface area contributed by atoms with Crippen molar-refractivity contribution in [1.29, 1.82) is 0 Å². The molecule has 2 rings (SSSR count). The van der Waals surface area contributed by atoms with Crippen molar-refractivity contribution in [3.05, 3.63) is 52.0 Å². The highest BCUT2D eigenvalue weighted by Gasteiger charge is 2.16. The van der Waals surface area contributed by atoms with Crippen molar-refractivity contribution in [3.8, 4) is 11.5 Å². The number of halogens is 2. The number of hydrogen-bond donors (Lipinski definition) is 1. The zero-order valence-corrected chi connectivity index (χ0v) is 13.0. The molecule has 1 N–H and O–H groups in total. The smallest absolute Gasteiger partial charge is 0.259 e. The minimum atomic E-state index is -0.343. The Morgan fingerprint density at radius 2 is 1.71 bits per heavy atom. The SMILES string of the molecule is COc1cccc(C(=O)Nc2cc(Cl)cc(Cl)c2)c1OC. The third-order valence-corrected chi connectivity index (χ3v) is 3.20. The van der Waals surface area contributed by atoms with E-state index in [-0.39, 0.29) is 5.91 Å². The van der Waals surface area contributed by atoms with Gasteiger partial charge in [0.2, 0.25) is 0 Å². The predicted octanol–water partition coefficient (Wildman–Crippen LogP) is 4.26. The Morgan fingerprint density at radius 3 is 2.29 bits per heavy atom. The second-order valence-electron chi connectivity index (χ2n) is 4.15. The molecule has 0 aromatic heterocycles. The molecule has 0 spiro atoms.